The van der Waals surface area contributed by atoms with Gasteiger partial charge in [0.1, 0.15) is 5.75 Å². The number of pyridine rings is 1. The van der Waals surface area contributed by atoms with Crippen LogP contribution >= 0.6 is 0 Å². The van der Waals surface area contributed by atoms with E-state index >= 15 is 0 Å². The molecular formula is C13H13BN3O3. The highest BCUT2D eigenvalue weighted by molar-refractivity contribution is 6.17. The lowest BCUT2D eigenvalue weighted by Crippen LogP contribution is -2.11. The smallest absolute Gasteiger partial charge is 0.536 e. The molecule has 7 heteroatoms. The van der Waals surface area contributed by atoms with E-state index in [1.807, 2.05) is 6.07 Å². The fourth-order valence-corrected chi connectivity index (χ4v) is 2.49. The average molecular weight is 270 g/mol. The maximum atomic E-state index is 8.70. The minimum atomic E-state index is -0.220. The minimum absolute atomic E-state index is 0.220. The topological polar surface area (TPSA) is 81.3 Å². The van der Waals surface area contributed by atoms with E-state index in [0.717, 1.165) is 37.1 Å². The number of aromatic nitrogens is 3. The Kier molecular flexibility index (Phi) is 2.56. The summed E-state index contributed by atoms with van der Waals surface area (Å²) < 4.78 is 10.4. The van der Waals surface area contributed by atoms with Crippen molar-refractivity contribution in [3.05, 3.63) is 35.7 Å². The van der Waals surface area contributed by atoms with Crippen molar-refractivity contribution in [2.24, 2.45) is 0 Å². The molecule has 0 aliphatic heterocycles. The van der Waals surface area contributed by atoms with Gasteiger partial charge in [0.05, 0.1) is 11.6 Å². The molecule has 2 heterocycles. The van der Waals surface area contributed by atoms with E-state index in [1.54, 1.807) is 12.4 Å². The van der Waals surface area contributed by atoms with Gasteiger partial charge in [-0.25, -0.2) is 0 Å². The summed E-state index contributed by atoms with van der Waals surface area (Å²) in [6, 6.07) is 1.85. The van der Waals surface area contributed by atoms with E-state index in [0.29, 0.717) is 25.2 Å². The first-order chi connectivity index (χ1) is 9.82. The fraction of sp³-hybridized carbons (Fsp3) is 0.462. The Labute approximate surface area is 116 Å². The summed E-state index contributed by atoms with van der Waals surface area (Å²) in [6.07, 6.45) is 7.58. The number of hydrogen-bond acceptors (Lipinski definition) is 6. The largest absolute Gasteiger partial charge is 0.569 e. The predicted octanol–water partition coefficient (Wildman–Crippen LogP) is 1.33. The Morgan fingerprint density at radius 2 is 2.20 bits per heavy atom. The lowest BCUT2D eigenvalue weighted by atomic mass is 9.97. The van der Waals surface area contributed by atoms with Gasteiger partial charge in [0.25, 0.3) is 0 Å². The van der Waals surface area contributed by atoms with Crippen LogP contribution in [-0.4, -0.2) is 27.8 Å². The third-order valence-corrected chi connectivity index (χ3v) is 4.00. The molecule has 101 valence electrons. The van der Waals surface area contributed by atoms with Crippen molar-refractivity contribution in [1.82, 2.24) is 15.1 Å². The second kappa shape index (κ2) is 4.31. The first kappa shape index (κ1) is 11.9. The quantitative estimate of drug-likeness (QED) is 0.825. The van der Waals surface area contributed by atoms with Crippen molar-refractivity contribution in [3.8, 4) is 5.75 Å². The molecule has 2 aromatic rings. The van der Waals surface area contributed by atoms with Crippen LogP contribution in [0.25, 0.3) is 0 Å². The lowest BCUT2D eigenvalue weighted by molar-refractivity contribution is 0.355. The zero-order valence-corrected chi connectivity index (χ0v) is 10.8. The van der Waals surface area contributed by atoms with Gasteiger partial charge in [0.2, 0.25) is 5.89 Å². The summed E-state index contributed by atoms with van der Waals surface area (Å²) in [7, 11) is 0.651. The summed E-state index contributed by atoms with van der Waals surface area (Å²) >= 11 is 0. The van der Waals surface area contributed by atoms with Crippen LogP contribution < -0.4 is 4.65 Å². The van der Waals surface area contributed by atoms with Crippen LogP contribution in [0.2, 0.25) is 0 Å². The van der Waals surface area contributed by atoms with Gasteiger partial charge in [-0.05, 0) is 37.3 Å². The Hall–Kier alpha value is -1.89. The molecule has 2 saturated carbocycles. The van der Waals surface area contributed by atoms with Gasteiger partial charge < -0.3 is 14.2 Å². The predicted molar refractivity (Wildman–Crippen MR) is 69.1 cm³/mol. The maximum absolute atomic E-state index is 8.70. The lowest BCUT2D eigenvalue weighted by Gasteiger charge is -2.11. The normalized spacial score (nSPS) is 19.6. The van der Waals surface area contributed by atoms with Gasteiger partial charge in [-0.2, -0.15) is 4.98 Å². The molecule has 2 aliphatic rings. The number of nitrogens with zero attached hydrogens (tertiary/aromatic N) is 3. The van der Waals surface area contributed by atoms with Crippen LogP contribution in [0, 0.1) is 0 Å². The van der Waals surface area contributed by atoms with Crippen LogP contribution in [0.4, 0.5) is 0 Å². The molecule has 0 unspecified atom stereocenters. The van der Waals surface area contributed by atoms with Crippen molar-refractivity contribution in [1.29, 1.82) is 0 Å². The molecule has 0 spiro atoms. The summed E-state index contributed by atoms with van der Waals surface area (Å²) in [6.45, 7) is 0. The first-order valence-corrected chi connectivity index (χ1v) is 6.74. The first-order valence-electron chi connectivity index (χ1n) is 6.74. The highest BCUT2D eigenvalue weighted by Gasteiger charge is 2.51. The summed E-state index contributed by atoms with van der Waals surface area (Å²) in [5.74, 6) is 2.49. The Morgan fingerprint density at radius 3 is 2.90 bits per heavy atom. The molecule has 4 rings (SSSR count). The molecule has 2 aliphatic carbocycles. The van der Waals surface area contributed by atoms with Crippen molar-refractivity contribution < 1.29 is 14.2 Å². The van der Waals surface area contributed by atoms with Gasteiger partial charge in [-0.3, -0.25) is 4.98 Å². The molecule has 1 radical (unpaired) electrons. The minimum Gasteiger partial charge on any atom is -0.536 e. The van der Waals surface area contributed by atoms with Crippen molar-refractivity contribution in [3.63, 3.8) is 0 Å². The molecule has 1 N–H and O–H groups in total. The van der Waals surface area contributed by atoms with Crippen LogP contribution in [0.5, 0.6) is 5.75 Å². The molecule has 0 atom stereocenters. The highest BCUT2D eigenvalue weighted by atomic mass is 16.5. The van der Waals surface area contributed by atoms with Crippen molar-refractivity contribution >= 4 is 7.69 Å². The molecule has 6 nitrogen and oxygen atoms in total. The number of rotatable bonds is 5. The van der Waals surface area contributed by atoms with Crippen LogP contribution in [0.15, 0.2) is 23.0 Å². The summed E-state index contributed by atoms with van der Waals surface area (Å²) in [4.78, 5) is 8.70. The second-order valence-corrected chi connectivity index (χ2v) is 5.45. The van der Waals surface area contributed by atoms with Gasteiger partial charge >= 0.3 is 7.69 Å². The fourth-order valence-electron chi connectivity index (χ4n) is 2.49. The maximum Gasteiger partial charge on any atom is 0.569 e. The van der Waals surface area contributed by atoms with E-state index in [2.05, 4.69) is 15.1 Å². The van der Waals surface area contributed by atoms with Crippen molar-refractivity contribution in [2.45, 2.75) is 37.0 Å². The monoisotopic (exact) mass is 270 g/mol. The van der Waals surface area contributed by atoms with Gasteiger partial charge in [-0.1, -0.05) is 5.16 Å². The third kappa shape index (κ3) is 1.89. The van der Waals surface area contributed by atoms with E-state index in [-0.39, 0.29) is 5.41 Å². The summed E-state index contributed by atoms with van der Waals surface area (Å²) in [5.41, 5.74) is 0.768. The third-order valence-electron chi connectivity index (χ3n) is 4.00. The Balaban J connectivity index is 1.66. The van der Waals surface area contributed by atoms with Crippen LogP contribution in [-0.2, 0) is 5.41 Å². The van der Waals surface area contributed by atoms with E-state index in [1.165, 1.54) is 0 Å². The molecular weight excluding hydrogens is 257 g/mol. The van der Waals surface area contributed by atoms with Crippen molar-refractivity contribution in [2.75, 3.05) is 0 Å². The molecule has 20 heavy (non-hydrogen) atoms. The Morgan fingerprint density at radius 1 is 1.35 bits per heavy atom. The Bertz CT molecular complexity index is 637. The molecule has 2 aromatic heterocycles. The van der Waals surface area contributed by atoms with Gasteiger partial charge in [0.15, 0.2) is 5.82 Å². The standard InChI is InChI=1S/C13H13BN3O3/c18-14-19-10-5-9(6-15-7-10)13(3-4-13)12-16-11(17-20-12)8-1-2-8/h5-8,18H,1-4H2. The molecule has 0 saturated heterocycles. The summed E-state index contributed by atoms with van der Waals surface area (Å²) in [5, 5.41) is 12.8. The zero-order chi connectivity index (χ0) is 13.6. The molecule has 0 bridgehead atoms. The van der Waals surface area contributed by atoms with Gasteiger partial charge in [0, 0.05) is 12.1 Å². The second-order valence-electron chi connectivity index (χ2n) is 5.45. The van der Waals surface area contributed by atoms with E-state index in [4.69, 9.17) is 14.2 Å². The number of hydrogen-bond donors (Lipinski definition) is 1. The SMILES string of the molecule is O[B]Oc1cncc(C2(c3nc(C4CC4)no3)CC2)c1. The molecule has 0 aromatic carbocycles. The highest BCUT2D eigenvalue weighted by Crippen LogP contribution is 2.53. The molecule has 2 fully saturated rings. The van der Waals surface area contributed by atoms with Crippen LogP contribution in [0.3, 0.4) is 0 Å². The van der Waals surface area contributed by atoms with E-state index in [9.17, 15) is 0 Å². The molecule has 0 amide bonds. The van der Waals surface area contributed by atoms with Gasteiger partial charge in [-0.15, -0.1) is 0 Å². The zero-order valence-electron chi connectivity index (χ0n) is 10.8. The van der Waals surface area contributed by atoms with Crippen LogP contribution in [0.1, 0.15) is 48.9 Å². The van der Waals surface area contributed by atoms with E-state index < -0.39 is 0 Å². The average Bonchev–Trinajstić information content (AvgIpc) is 3.40.